The third kappa shape index (κ3) is 6.01. The summed E-state index contributed by atoms with van der Waals surface area (Å²) < 4.78 is 24.4. The molecule has 4 aromatic rings. The maximum atomic E-state index is 13.9. The molecule has 0 unspecified atom stereocenters. The Kier molecular flexibility index (Phi) is 8.90. The van der Waals surface area contributed by atoms with Crippen molar-refractivity contribution in [2.24, 2.45) is 5.92 Å². The number of fused-ring (bicyclic) bond motifs is 2. The van der Waals surface area contributed by atoms with E-state index in [1.807, 2.05) is 51.1 Å². The molecule has 0 radical (unpaired) electrons. The van der Waals surface area contributed by atoms with E-state index in [2.05, 4.69) is 13.8 Å². The predicted octanol–water partition coefficient (Wildman–Crippen LogP) is 7.47. The van der Waals surface area contributed by atoms with Crippen molar-refractivity contribution < 1.29 is 33.6 Å². The van der Waals surface area contributed by atoms with Crippen LogP contribution in [0.5, 0.6) is 23.0 Å². The summed E-state index contributed by atoms with van der Waals surface area (Å²) in [5, 5.41) is 12.1. The number of aliphatic hydroxyl groups is 1. The van der Waals surface area contributed by atoms with Gasteiger partial charge >= 0.3 is 5.91 Å². The van der Waals surface area contributed by atoms with Crippen molar-refractivity contribution in [3.8, 4) is 23.0 Å². The van der Waals surface area contributed by atoms with Crippen molar-refractivity contribution in [3.05, 3.63) is 76.9 Å². The summed E-state index contributed by atoms with van der Waals surface area (Å²) in [5.74, 6) is 1.14. The largest absolute Gasteiger partial charge is 0.507 e. The zero-order chi connectivity index (χ0) is 32.5. The first kappa shape index (κ1) is 31.4. The van der Waals surface area contributed by atoms with E-state index in [0.29, 0.717) is 71.2 Å². The monoisotopic (exact) mass is 642 g/mol. The number of amides is 1. The number of Topliss-reactive ketones (excluding diaryl/α,β-unsaturated/α-hetero) is 1. The van der Waals surface area contributed by atoms with Gasteiger partial charge in [-0.15, -0.1) is 0 Å². The molecule has 0 spiro atoms. The lowest BCUT2D eigenvalue weighted by Crippen LogP contribution is -2.29. The number of ether oxygens (including phenoxy) is 4. The molecule has 1 fully saturated rings. The first-order valence-electron chi connectivity index (χ1n) is 15.7. The zero-order valence-corrected chi connectivity index (χ0v) is 27.5. The number of thiazole rings is 1. The van der Waals surface area contributed by atoms with Crippen LogP contribution in [-0.4, -0.2) is 47.7 Å². The van der Waals surface area contributed by atoms with Gasteiger partial charge in [0.15, 0.2) is 16.6 Å². The first-order valence-corrected chi connectivity index (χ1v) is 16.5. The maximum absolute atomic E-state index is 13.9. The van der Waals surface area contributed by atoms with Gasteiger partial charge in [0.1, 0.15) is 23.4 Å². The molecule has 240 valence electrons. The molecule has 0 aliphatic carbocycles. The van der Waals surface area contributed by atoms with Crippen LogP contribution in [0.3, 0.4) is 0 Å². The SMILES string of the molecule is CCOc1ccc2nc(N3C(=O)C(=O)/C(=C(/O)c4ccc5c(c4)C[C@H](C)O5)[C@@H]3c3ccc(OCCC(C)C)c(OCC)c3)sc2c1. The fourth-order valence-electron chi connectivity index (χ4n) is 5.81. The van der Waals surface area contributed by atoms with Crippen LogP contribution in [0, 0.1) is 5.92 Å². The molecule has 1 aromatic heterocycles. The lowest BCUT2D eigenvalue weighted by Gasteiger charge is -2.24. The molecule has 46 heavy (non-hydrogen) atoms. The Balaban J connectivity index is 1.49. The van der Waals surface area contributed by atoms with E-state index in [1.54, 1.807) is 24.3 Å². The molecular formula is C36H38N2O7S. The van der Waals surface area contributed by atoms with Gasteiger partial charge < -0.3 is 24.1 Å². The molecule has 2 aliphatic rings. The molecule has 0 saturated carbocycles. The Morgan fingerprint density at radius 3 is 2.59 bits per heavy atom. The van der Waals surface area contributed by atoms with Crippen molar-refractivity contribution in [1.82, 2.24) is 4.98 Å². The Morgan fingerprint density at radius 1 is 1.02 bits per heavy atom. The number of carbonyl (C=O) groups excluding carboxylic acids is 2. The average molecular weight is 643 g/mol. The van der Waals surface area contributed by atoms with Crippen LogP contribution < -0.4 is 23.8 Å². The number of anilines is 1. The van der Waals surface area contributed by atoms with Crippen LogP contribution in [0.25, 0.3) is 16.0 Å². The molecule has 3 aromatic carbocycles. The van der Waals surface area contributed by atoms with Gasteiger partial charge in [0.2, 0.25) is 0 Å². The van der Waals surface area contributed by atoms with Gasteiger partial charge in [0.25, 0.3) is 5.78 Å². The number of benzene rings is 3. The molecular weight excluding hydrogens is 604 g/mol. The van der Waals surface area contributed by atoms with Crippen molar-refractivity contribution in [2.45, 2.75) is 59.6 Å². The van der Waals surface area contributed by atoms with Crippen molar-refractivity contribution in [1.29, 1.82) is 0 Å². The summed E-state index contributed by atoms with van der Waals surface area (Å²) in [6, 6.07) is 15.3. The van der Waals surface area contributed by atoms with Crippen LogP contribution in [0.15, 0.2) is 60.2 Å². The third-order valence-electron chi connectivity index (χ3n) is 8.02. The summed E-state index contributed by atoms with van der Waals surface area (Å²) in [5.41, 5.74) is 2.58. The van der Waals surface area contributed by atoms with Gasteiger partial charge in [-0.3, -0.25) is 14.5 Å². The smallest absolute Gasteiger partial charge is 0.301 e. The normalized spacial score (nSPS) is 18.7. The molecule has 0 bridgehead atoms. The van der Waals surface area contributed by atoms with Gasteiger partial charge in [0.05, 0.1) is 41.7 Å². The number of rotatable bonds is 11. The predicted molar refractivity (Wildman–Crippen MR) is 178 cm³/mol. The number of hydrogen-bond donors (Lipinski definition) is 1. The molecule has 10 heteroatoms. The van der Waals surface area contributed by atoms with E-state index in [-0.39, 0.29) is 17.4 Å². The summed E-state index contributed by atoms with van der Waals surface area (Å²) in [6.45, 7) is 11.5. The fourth-order valence-corrected chi connectivity index (χ4v) is 6.83. The van der Waals surface area contributed by atoms with Crippen LogP contribution in [-0.2, 0) is 16.0 Å². The minimum absolute atomic E-state index is 0.0125. The van der Waals surface area contributed by atoms with Gasteiger partial charge in [-0.25, -0.2) is 4.98 Å². The van der Waals surface area contributed by atoms with E-state index in [1.165, 1.54) is 16.2 Å². The second-order valence-corrected chi connectivity index (χ2v) is 12.9. The third-order valence-corrected chi connectivity index (χ3v) is 9.03. The van der Waals surface area contributed by atoms with Crippen molar-refractivity contribution >= 4 is 44.1 Å². The quantitative estimate of drug-likeness (QED) is 0.102. The summed E-state index contributed by atoms with van der Waals surface area (Å²) in [7, 11) is 0. The molecule has 6 rings (SSSR count). The summed E-state index contributed by atoms with van der Waals surface area (Å²) in [6.07, 6.45) is 1.57. The van der Waals surface area contributed by atoms with E-state index in [0.717, 1.165) is 22.4 Å². The number of carbonyl (C=O) groups is 2. The highest BCUT2D eigenvalue weighted by molar-refractivity contribution is 7.22. The molecule has 9 nitrogen and oxygen atoms in total. The molecule has 1 saturated heterocycles. The standard InChI is InChI=1S/C36H38N2O7S/c1-6-42-25-10-11-26-30(19-25)46-36(37-26)38-32(22-8-13-28(29(18-22)43-7-2)44-15-14-20(3)4)31(34(40)35(38)41)33(39)23-9-12-27-24(17-23)16-21(5)45-27/h8-13,17-21,32,39H,6-7,14-16H2,1-5H3/b33-31+/t21-,32-/m0/s1. The lowest BCUT2D eigenvalue weighted by molar-refractivity contribution is -0.132. The van der Waals surface area contributed by atoms with Gasteiger partial charge in [-0.2, -0.15) is 0 Å². The van der Waals surface area contributed by atoms with E-state index in [4.69, 9.17) is 23.9 Å². The average Bonchev–Trinajstić information content (AvgIpc) is 3.69. The van der Waals surface area contributed by atoms with Crippen LogP contribution in [0.1, 0.15) is 63.8 Å². The number of aliphatic hydroxyl groups excluding tert-OH is 1. The lowest BCUT2D eigenvalue weighted by atomic mass is 9.94. The number of hydrogen-bond acceptors (Lipinski definition) is 9. The second-order valence-electron chi connectivity index (χ2n) is 11.9. The highest BCUT2D eigenvalue weighted by Crippen LogP contribution is 2.46. The van der Waals surface area contributed by atoms with Gasteiger partial charge in [-0.05, 0) is 92.8 Å². The molecule has 2 aliphatic heterocycles. The number of aromatic nitrogens is 1. The van der Waals surface area contributed by atoms with Gasteiger partial charge in [0, 0.05) is 12.0 Å². The van der Waals surface area contributed by atoms with E-state index in [9.17, 15) is 14.7 Å². The van der Waals surface area contributed by atoms with Crippen molar-refractivity contribution in [2.75, 3.05) is 24.7 Å². The fraction of sp³-hybridized carbons (Fsp3) is 0.361. The van der Waals surface area contributed by atoms with E-state index >= 15 is 0 Å². The highest BCUT2D eigenvalue weighted by Gasteiger charge is 2.48. The number of nitrogens with zero attached hydrogens (tertiary/aromatic N) is 2. The molecule has 1 N–H and O–H groups in total. The Bertz CT molecular complexity index is 1830. The zero-order valence-electron chi connectivity index (χ0n) is 26.7. The minimum Gasteiger partial charge on any atom is -0.507 e. The maximum Gasteiger partial charge on any atom is 0.301 e. The first-order chi connectivity index (χ1) is 22.2. The molecule has 2 atom stereocenters. The van der Waals surface area contributed by atoms with Gasteiger partial charge in [-0.1, -0.05) is 31.3 Å². The molecule has 1 amide bonds. The second kappa shape index (κ2) is 13.0. The van der Waals surface area contributed by atoms with E-state index < -0.39 is 17.7 Å². The summed E-state index contributed by atoms with van der Waals surface area (Å²) >= 11 is 1.28. The van der Waals surface area contributed by atoms with Crippen LogP contribution >= 0.6 is 11.3 Å². The van der Waals surface area contributed by atoms with Crippen LogP contribution in [0.2, 0.25) is 0 Å². The Hall–Kier alpha value is -4.57. The highest BCUT2D eigenvalue weighted by atomic mass is 32.1. The van der Waals surface area contributed by atoms with Crippen LogP contribution in [0.4, 0.5) is 5.13 Å². The topological polar surface area (TPSA) is 107 Å². The summed E-state index contributed by atoms with van der Waals surface area (Å²) in [4.78, 5) is 33.9. The minimum atomic E-state index is -0.973. The van der Waals surface area contributed by atoms with Crippen molar-refractivity contribution in [3.63, 3.8) is 0 Å². The Morgan fingerprint density at radius 2 is 1.83 bits per heavy atom. The molecule has 3 heterocycles. The number of ketones is 1. The Labute approximate surface area is 272 Å².